The van der Waals surface area contributed by atoms with E-state index in [0.29, 0.717) is 6.61 Å². The largest absolute Gasteiger partial charge is 0.380 e. The molecule has 0 fully saturated rings. The number of ether oxygens (including phenoxy) is 1. The van der Waals surface area contributed by atoms with E-state index in [-0.39, 0.29) is 6.04 Å². The number of nitrogens with one attached hydrogen (secondary N) is 1. The Kier molecular flexibility index (Phi) is 6.43. The maximum absolute atomic E-state index is 5.47. The van der Waals surface area contributed by atoms with Gasteiger partial charge >= 0.3 is 0 Å². The number of thiophene rings is 1. The molecule has 1 rings (SSSR count). The Balaban J connectivity index is 2.33. The van der Waals surface area contributed by atoms with Crippen LogP contribution in [0.25, 0.3) is 0 Å². The maximum atomic E-state index is 5.47. The number of nitrogens with two attached hydrogens (primary N) is 1. The molecule has 0 spiro atoms. The van der Waals surface area contributed by atoms with Gasteiger partial charge in [-0.15, -0.1) is 11.3 Å². The summed E-state index contributed by atoms with van der Waals surface area (Å²) in [5.41, 5.74) is 2.79. The molecule has 3 N–H and O–H groups in total. The third-order valence-electron chi connectivity index (χ3n) is 1.97. The molecule has 0 saturated heterocycles. The van der Waals surface area contributed by atoms with Crippen LogP contribution in [0.1, 0.15) is 18.2 Å². The first-order valence-corrected chi connectivity index (χ1v) is 6.70. The molecule has 0 bridgehead atoms. The highest BCUT2D eigenvalue weighted by atomic mass is 79.9. The van der Waals surface area contributed by atoms with E-state index < -0.39 is 0 Å². The molecule has 0 radical (unpaired) electrons. The maximum Gasteiger partial charge on any atom is 0.0636 e. The quantitative estimate of drug-likeness (QED) is 0.461. The van der Waals surface area contributed by atoms with Crippen LogP contribution >= 0.6 is 27.3 Å². The van der Waals surface area contributed by atoms with Crippen LogP contribution in [0.2, 0.25) is 0 Å². The van der Waals surface area contributed by atoms with Crippen molar-refractivity contribution in [2.24, 2.45) is 5.84 Å². The van der Waals surface area contributed by atoms with Crippen LogP contribution in [0.4, 0.5) is 0 Å². The highest BCUT2D eigenvalue weighted by Crippen LogP contribution is 2.20. The van der Waals surface area contributed by atoms with Gasteiger partial charge in [-0.25, -0.2) is 0 Å². The molecule has 15 heavy (non-hydrogen) atoms. The average Bonchev–Trinajstić information content (AvgIpc) is 2.63. The highest BCUT2D eigenvalue weighted by molar-refractivity contribution is 9.10. The predicted molar refractivity (Wildman–Crippen MR) is 67.9 cm³/mol. The lowest BCUT2D eigenvalue weighted by Gasteiger charge is -2.14. The van der Waals surface area contributed by atoms with Gasteiger partial charge in [0.1, 0.15) is 0 Å². The lowest BCUT2D eigenvalue weighted by Crippen LogP contribution is -2.40. The summed E-state index contributed by atoms with van der Waals surface area (Å²) < 4.78 is 6.60. The second-order valence-corrected chi connectivity index (χ2v) is 5.29. The van der Waals surface area contributed by atoms with E-state index in [1.165, 1.54) is 4.88 Å². The Labute approximate surface area is 103 Å². The van der Waals surface area contributed by atoms with Crippen LogP contribution in [0, 0.1) is 0 Å². The topological polar surface area (TPSA) is 47.3 Å². The molecular formula is C10H17BrN2OS. The van der Waals surface area contributed by atoms with Crippen LogP contribution in [0.15, 0.2) is 15.9 Å². The lowest BCUT2D eigenvalue weighted by atomic mass is 10.2. The molecule has 1 aromatic rings. The van der Waals surface area contributed by atoms with Gasteiger partial charge in [0.2, 0.25) is 0 Å². The summed E-state index contributed by atoms with van der Waals surface area (Å²) in [4.78, 5) is 1.31. The normalized spacial score (nSPS) is 13.0. The third-order valence-corrected chi connectivity index (χ3v) is 3.69. The number of hydrogen-bond donors (Lipinski definition) is 2. The molecule has 0 aliphatic rings. The van der Waals surface area contributed by atoms with Crippen molar-refractivity contribution in [3.8, 4) is 0 Å². The van der Waals surface area contributed by atoms with Gasteiger partial charge in [-0.3, -0.25) is 11.3 Å². The number of hydrazine groups is 1. The summed E-state index contributed by atoms with van der Waals surface area (Å²) >= 11 is 5.17. The SMILES string of the molecule is CCCOCC(Cc1cc(Br)cs1)NN. The summed E-state index contributed by atoms with van der Waals surface area (Å²) in [6, 6.07) is 2.32. The van der Waals surface area contributed by atoms with Crippen molar-refractivity contribution < 1.29 is 4.74 Å². The molecule has 0 aliphatic heterocycles. The smallest absolute Gasteiger partial charge is 0.0636 e. The first-order chi connectivity index (χ1) is 7.26. The van der Waals surface area contributed by atoms with Gasteiger partial charge in [0, 0.05) is 33.8 Å². The van der Waals surface area contributed by atoms with Crippen LogP contribution in [0.3, 0.4) is 0 Å². The Bertz CT molecular complexity index is 280. The number of hydrogen-bond acceptors (Lipinski definition) is 4. The van der Waals surface area contributed by atoms with Gasteiger partial charge in [-0.05, 0) is 28.4 Å². The van der Waals surface area contributed by atoms with Crippen molar-refractivity contribution in [2.75, 3.05) is 13.2 Å². The van der Waals surface area contributed by atoms with Crippen LogP contribution in [0.5, 0.6) is 0 Å². The summed E-state index contributed by atoms with van der Waals surface area (Å²) in [5, 5.41) is 2.08. The zero-order valence-electron chi connectivity index (χ0n) is 8.83. The van der Waals surface area contributed by atoms with Crippen LogP contribution < -0.4 is 11.3 Å². The Morgan fingerprint density at radius 3 is 3.00 bits per heavy atom. The summed E-state index contributed by atoms with van der Waals surface area (Å²) in [6.07, 6.45) is 1.96. The van der Waals surface area contributed by atoms with Gasteiger partial charge in [0.05, 0.1) is 6.61 Å². The molecule has 0 aliphatic carbocycles. The van der Waals surface area contributed by atoms with Crippen molar-refractivity contribution in [1.29, 1.82) is 0 Å². The first kappa shape index (κ1) is 13.1. The van der Waals surface area contributed by atoms with Crippen molar-refractivity contribution in [3.63, 3.8) is 0 Å². The minimum Gasteiger partial charge on any atom is -0.380 e. The second-order valence-electron chi connectivity index (χ2n) is 3.37. The Morgan fingerprint density at radius 2 is 2.47 bits per heavy atom. The minimum absolute atomic E-state index is 0.196. The van der Waals surface area contributed by atoms with Gasteiger partial charge in [0.15, 0.2) is 0 Å². The molecule has 3 nitrogen and oxygen atoms in total. The van der Waals surface area contributed by atoms with E-state index in [0.717, 1.165) is 23.9 Å². The van der Waals surface area contributed by atoms with E-state index >= 15 is 0 Å². The molecule has 1 unspecified atom stereocenters. The standard InChI is InChI=1S/C10H17BrN2OS/c1-2-3-14-6-9(13-12)5-10-4-8(11)7-15-10/h4,7,9,13H,2-3,5-6,12H2,1H3. The molecule has 1 heterocycles. The first-order valence-electron chi connectivity index (χ1n) is 5.03. The fourth-order valence-corrected chi connectivity index (χ4v) is 2.77. The highest BCUT2D eigenvalue weighted by Gasteiger charge is 2.09. The summed E-state index contributed by atoms with van der Waals surface area (Å²) in [7, 11) is 0. The van der Waals surface area contributed by atoms with E-state index in [4.69, 9.17) is 10.6 Å². The summed E-state index contributed by atoms with van der Waals surface area (Å²) in [5.74, 6) is 5.47. The van der Waals surface area contributed by atoms with Crippen LogP contribution in [-0.4, -0.2) is 19.3 Å². The summed E-state index contributed by atoms with van der Waals surface area (Å²) in [6.45, 7) is 3.56. The predicted octanol–water partition coefficient (Wildman–Crippen LogP) is 2.31. The average molecular weight is 293 g/mol. The molecule has 0 aromatic carbocycles. The molecule has 1 atom stereocenters. The lowest BCUT2D eigenvalue weighted by molar-refractivity contribution is 0.112. The fourth-order valence-electron chi connectivity index (χ4n) is 1.24. The van der Waals surface area contributed by atoms with Gasteiger partial charge < -0.3 is 4.74 Å². The molecular weight excluding hydrogens is 276 g/mol. The zero-order chi connectivity index (χ0) is 11.1. The molecule has 1 aromatic heterocycles. The third kappa shape index (κ3) is 5.08. The minimum atomic E-state index is 0.196. The monoisotopic (exact) mass is 292 g/mol. The van der Waals surface area contributed by atoms with E-state index in [1.54, 1.807) is 11.3 Å². The van der Waals surface area contributed by atoms with Crippen LogP contribution in [-0.2, 0) is 11.2 Å². The van der Waals surface area contributed by atoms with Crippen molar-refractivity contribution in [2.45, 2.75) is 25.8 Å². The van der Waals surface area contributed by atoms with E-state index in [1.807, 2.05) is 0 Å². The van der Waals surface area contributed by atoms with Crippen molar-refractivity contribution in [1.82, 2.24) is 5.43 Å². The van der Waals surface area contributed by atoms with Crippen molar-refractivity contribution in [3.05, 3.63) is 20.8 Å². The molecule has 5 heteroatoms. The van der Waals surface area contributed by atoms with Crippen molar-refractivity contribution >= 4 is 27.3 Å². The number of halogens is 1. The Hall–Kier alpha value is 0.0600. The van der Waals surface area contributed by atoms with Gasteiger partial charge in [-0.2, -0.15) is 0 Å². The number of rotatable bonds is 7. The van der Waals surface area contributed by atoms with Gasteiger partial charge in [-0.1, -0.05) is 6.92 Å². The van der Waals surface area contributed by atoms with E-state index in [2.05, 4.69) is 39.7 Å². The van der Waals surface area contributed by atoms with E-state index in [9.17, 15) is 0 Å². The fraction of sp³-hybridized carbons (Fsp3) is 0.600. The Morgan fingerprint density at radius 1 is 1.67 bits per heavy atom. The molecule has 0 amide bonds. The second kappa shape index (κ2) is 7.35. The van der Waals surface area contributed by atoms with Gasteiger partial charge in [0.25, 0.3) is 0 Å². The zero-order valence-corrected chi connectivity index (χ0v) is 11.2. The molecule has 86 valence electrons. The molecule has 0 saturated carbocycles.